The van der Waals surface area contributed by atoms with Crippen molar-refractivity contribution in [3.05, 3.63) is 35.4 Å². The van der Waals surface area contributed by atoms with Crippen molar-refractivity contribution in [3.63, 3.8) is 0 Å². The molecule has 92 valence electrons. The number of carbonyl (C=O) groups excluding carboxylic acids is 1. The SMILES string of the molecule is Cc1ccccc1CC(=O)C1CCCC(C)C1. The molecule has 1 fully saturated rings. The van der Waals surface area contributed by atoms with Crippen LogP contribution in [0, 0.1) is 18.8 Å². The van der Waals surface area contributed by atoms with E-state index in [1.165, 1.54) is 24.0 Å². The number of aryl methyl sites for hydroxylation is 1. The van der Waals surface area contributed by atoms with E-state index < -0.39 is 0 Å². The predicted molar refractivity (Wildman–Crippen MR) is 71.0 cm³/mol. The highest BCUT2D eigenvalue weighted by Gasteiger charge is 2.24. The lowest BCUT2D eigenvalue weighted by atomic mass is 9.79. The van der Waals surface area contributed by atoms with E-state index in [2.05, 4.69) is 26.0 Å². The number of carbonyl (C=O) groups is 1. The maximum absolute atomic E-state index is 12.3. The summed E-state index contributed by atoms with van der Waals surface area (Å²) >= 11 is 0. The minimum atomic E-state index is 0.318. The first-order valence-electron chi connectivity index (χ1n) is 6.74. The molecule has 0 aromatic heterocycles. The molecule has 2 rings (SSSR count). The fraction of sp³-hybridized carbons (Fsp3) is 0.562. The molecule has 1 saturated carbocycles. The molecule has 2 unspecified atom stereocenters. The highest BCUT2D eigenvalue weighted by molar-refractivity contribution is 5.83. The molecule has 0 amide bonds. The van der Waals surface area contributed by atoms with E-state index in [1.807, 2.05) is 12.1 Å². The van der Waals surface area contributed by atoms with Crippen LogP contribution in [0.15, 0.2) is 24.3 Å². The Morgan fingerprint density at radius 3 is 2.76 bits per heavy atom. The summed E-state index contributed by atoms with van der Waals surface area (Å²) in [6.07, 6.45) is 5.36. The Morgan fingerprint density at radius 1 is 1.29 bits per heavy atom. The van der Waals surface area contributed by atoms with E-state index in [0.717, 1.165) is 18.8 Å². The Balaban J connectivity index is 1.99. The summed E-state index contributed by atoms with van der Waals surface area (Å²) in [5, 5.41) is 0. The van der Waals surface area contributed by atoms with E-state index in [-0.39, 0.29) is 0 Å². The Morgan fingerprint density at radius 2 is 2.06 bits per heavy atom. The summed E-state index contributed by atoms with van der Waals surface area (Å²) in [4.78, 5) is 12.3. The van der Waals surface area contributed by atoms with Crippen LogP contribution < -0.4 is 0 Å². The van der Waals surface area contributed by atoms with Gasteiger partial charge in [-0.1, -0.05) is 44.0 Å². The largest absolute Gasteiger partial charge is 0.299 e. The third kappa shape index (κ3) is 3.18. The van der Waals surface area contributed by atoms with Gasteiger partial charge in [0.25, 0.3) is 0 Å². The van der Waals surface area contributed by atoms with E-state index in [9.17, 15) is 4.79 Å². The predicted octanol–water partition coefficient (Wildman–Crippen LogP) is 3.93. The first kappa shape index (κ1) is 12.3. The average Bonchev–Trinajstić information content (AvgIpc) is 2.32. The zero-order valence-electron chi connectivity index (χ0n) is 10.9. The number of hydrogen-bond donors (Lipinski definition) is 0. The minimum Gasteiger partial charge on any atom is -0.299 e. The van der Waals surface area contributed by atoms with Crippen LogP contribution >= 0.6 is 0 Å². The van der Waals surface area contributed by atoms with Gasteiger partial charge in [0.05, 0.1) is 0 Å². The Labute approximate surface area is 104 Å². The quantitative estimate of drug-likeness (QED) is 0.769. The molecule has 1 aliphatic carbocycles. The normalized spacial score (nSPS) is 24.6. The third-order valence-electron chi connectivity index (χ3n) is 4.02. The van der Waals surface area contributed by atoms with Gasteiger partial charge in [0.15, 0.2) is 0 Å². The summed E-state index contributed by atoms with van der Waals surface area (Å²) in [5.41, 5.74) is 2.44. The second-order valence-electron chi connectivity index (χ2n) is 5.54. The maximum atomic E-state index is 12.3. The monoisotopic (exact) mass is 230 g/mol. The van der Waals surface area contributed by atoms with Crippen LogP contribution in [0.25, 0.3) is 0 Å². The molecule has 0 spiro atoms. The third-order valence-corrected chi connectivity index (χ3v) is 4.02. The smallest absolute Gasteiger partial charge is 0.140 e. The lowest BCUT2D eigenvalue weighted by Gasteiger charge is -2.25. The van der Waals surface area contributed by atoms with Crippen LogP contribution in [0.2, 0.25) is 0 Å². The first-order chi connectivity index (χ1) is 8.16. The molecule has 0 saturated heterocycles. The highest BCUT2D eigenvalue weighted by atomic mass is 16.1. The Bertz CT molecular complexity index is 394. The number of rotatable bonds is 3. The maximum Gasteiger partial charge on any atom is 0.140 e. The van der Waals surface area contributed by atoms with E-state index >= 15 is 0 Å². The van der Waals surface area contributed by atoms with Crippen molar-refractivity contribution in [2.45, 2.75) is 46.0 Å². The molecule has 1 heteroatoms. The second kappa shape index (κ2) is 5.48. The van der Waals surface area contributed by atoms with Crippen molar-refractivity contribution < 1.29 is 4.79 Å². The summed E-state index contributed by atoms with van der Waals surface area (Å²) in [6.45, 7) is 4.36. The fourth-order valence-corrected chi connectivity index (χ4v) is 2.87. The van der Waals surface area contributed by atoms with Gasteiger partial charge in [-0.05, 0) is 36.8 Å². The van der Waals surface area contributed by atoms with Crippen LogP contribution in [-0.2, 0) is 11.2 Å². The number of Topliss-reactive ketones (excluding diaryl/α,β-unsaturated/α-hetero) is 1. The van der Waals surface area contributed by atoms with Crippen LogP contribution in [0.5, 0.6) is 0 Å². The van der Waals surface area contributed by atoms with Crippen LogP contribution in [0.4, 0.5) is 0 Å². The molecule has 0 aliphatic heterocycles. The molecule has 2 atom stereocenters. The molecule has 1 aromatic carbocycles. The minimum absolute atomic E-state index is 0.318. The van der Waals surface area contributed by atoms with Crippen molar-refractivity contribution >= 4 is 5.78 Å². The van der Waals surface area contributed by atoms with Crippen LogP contribution in [0.1, 0.15) is 43.7 Å². The molecule has 0 N–H and O–H groups in total. The van der Waals surface area contributed by atoms with Gasteiger partial charge in [-0.15, -0.1) is 0 Å². The average molecular weight is 230 g/mol. The van der Waals surface area contributed by atoms with Crippen molar-refractivity contribution in [2.24, 2.45) is 11.8 Å². The van der Waals surface area contributed by atoms with Gasteiger partial charge in [-0.2, -0.15) is 0 Å². The first-order valence-corrected chi connectivity index (χ1v) is 6.74. The molecule has 1 aliphatic rings. The van der Waals surface area contributed by atoms with E-state index in [0.29, 0.717) is 18.1 Å². The molecule has 1 aromatic rings. The topological polar surface area (TPSA) is 17.1 Å². The van der Waals surface area contributed by atoms with Crippen molar-refractivity contribution in [1.82, 2.24) is 0 Å². The van der Waals surface area contributed by atoms with Crippen molar-refractivity contribution in [3.8, 4) is 0 Å². The van der Waals surface area contributed by atoms with Gasteiger partial charge in [0, 0.05) is 12.3 Å². The summed E-state index contributed by atoms with van der Waals surface area (Å²) < 4.78 is 0. The molecule has 0 heterocycles. The van der Waals surface area contributed by atoms with E-state index in [1.54, 1.807) is 0 Å². The summed E-state index contributed by atoms with van der Waals surface area (Å²) in [6, 6.07) is 8.23. The standard InChI is InChI=1S/C16H22O/c1-12-6-5-9-15(10-12)16(17)11-14-8-4-3-7-13(14)2/h3-4,7-8,12,15H,5-6,9-11H2,1-2H3. The Kier molecular flexibility index (Phi) is 3.98. The summed E-state index contributed by atoms with van der Waals surface area (Å²) in [7, 11) is 0. The number of hydrogen-bond acceptors (Lipinski definition) is 1. The van der Waals surface area contributed by atoms with Gasteiger partial charge in [-0.3, -0.25) is 4.79 Å². The van der Waals surface area contributed by atoms with Crippen LogP contribution in [0.3, 0.4) is 0 Å². The molecule has 0 bridgehead atoms. The number of ketones is 1. The molecule has 0 radical (unpaired) electrons. The van der Waals surface area contributed by atoms with Gasteiger partial charge in [0.2, 0.25) is 0 Å². The fourth-order valence-electron chi connectivity index (χ4n) is 2.87. The molecule has 1 nitrogen and oxygen atoms in total. The zero-order valence-corrected chi connectivity index (χ0v) is 10.9. The zero-order chi connectivity index (χ0) is 12.3. The van der Waals surface area contributed by atoms with Crippen LogP contribution in [-0.4, -0.2) is 5.78 Å². The summed E-state index contributed by atoms with van der Waals surface area (Å²) in [5.74, 6) is 1.50. The highest BCUT2D eigenvalue weighted by Crippen LogP contribution is 2.30. The molecular weight excluding hydrogens is 208 g/mol. The van der Waals surface area contributed by atoms with Crippen molar-refractivity contribution in [2.75, 3.05) is 0 Å². The molecular formula is C16H22O. The molecule has 17 heavy (non-hydrogen) atoms. The lowest BCUT2D eigenvalue weighted by molar-refractivity contribution is -0.123. The lowest BCUT2D eigenvalue weighted by Crippen LogP contribution is -2.23. The van der Waals surface area contributed by atoms with E-state index in [4.69, 9.17) is 0 Å². The Hall–Kier alpha value is -1.11. The van der Waals surface area contributed by atoms with Crippen molar-refractivity contribution in [1.29, 1.82) is 0 Å². The van der Waals surface area contributed by atoms with Gasteiger partial charge in [-0.25, -0.2) is 0 Å². The van der Waals surface area contributed by atoms with Gasteiger partial charge >= 0.3 is 0 Å². The second-order valence-corrected chi connectivity index (χ2v) is 5.54. The van der Waals surface area contributed by atoms with Gasteiger partial charge < -0.3 is 0 Å². The number of benzene rings is 1. The van der Waals surface area contributed by atoms with Gasteiger partial charge in [0.1, 0.15) is 5.78 Å².